The molecule has 0 saturated carbocycles. The van der Waals surface area contributed by atoms with Gasteiger partial charge in [0.15, 0.2) is 0 Å². The van der Waals surface area contributed by atoms with E-state index in [-0.39, 0.29) is 11.8 Å². The summed E-state index contributed by atoms with van der Waals surface area (Å²) in [5, 5.41) is 0. The Kier molecular flexibility index (Phi) is 5.29. The van der Waals surface area contributed by atoms with Crippen molar-refractivity contribution in [1.29, 1.82) is 0 Å². The first-order valence-corrected chi connectivity index (χ1v) is 10.2. The van der Waals surface area contributed by atoms with E-state index in [1.165, 1.54) is 18.4 Å². The molecule has 1 saturated heterocycles. The lowest BCUT2D eigenvalue weighted by Gasteiger charge is -2.17. The van der Waals surface area contributed by atoms with Gasteiger partial charge in [0.2, 0.25) is 5.91 Å². The quantitative estimate of drug-likeness (QED) is 0.541. The number of carbonyl (C=O) groups excluding carboxylic acids is 1. The van der Waals surface area contributed by atoms with Crippen molar-refractivity contribution in [2.24, 2.45) is 0 Å². The Bertz CT molecular complexity index is 987. The molecule has 1 fully saturated rings. The van der Waals surface area contributed by atoms with E-state index < -0.39 is 0 Å². The second kappa shape index (κ2) is 8.01. The van der Waals surface area contributed by atoms with Crippen molar-refractivity contribution < 1.29 is 4.79 Å². The van der Waals surface area contributed by atoms with Gasteiger partial charge in [0.25, 0.3) is 0 Å². The minimum atomic E-state index is 0.0969. The zero-order valence-corrected chi connectivity index (χ0v) is 16.5. The fourth-order valence-corrected chi connectivity index (χ4v) is 4.08. The maximum Gasteiger partial charge on any atom is 0.227 e. The van der Waals surface area contributed by atoms with Crippen molar-refractivity contribution in [1.82, 2.24) is 9.55 Å². The van der Waals surface area contributed by atoms with Crippen LogP contribution in [0, 0.1) is 0 Å². The number of benzene rings is 2. The van der Waals surface area contributed by atoms with Crippen LogP contribution in [-0.4, -0.2) is 22.0 Å². The molecule has 2 heterocycles. The summed E-state index contributed by atoms with van der Waals surface area (Å²) >= 11 is 0. The Morgan fingerprint density at radius 2 is 1.96 bits per heavy atom. The first-order chi connectivity index (χ1) is 13.7. The van der Waals surface area contributed by atoms with Gasteiger partial charge >= 0.3 is 0 Å². The normalized spacial score (nSPS) is 16.8. The van der Waals surface area contributed by atoms with Crippen LogP contribution in [0.5, 0.6) is 0 Å². The molecular formula is C24H27N3O. The van der Waals surface area contributed by atoms with Gasteiger partial charge in [-0.05, 0) is 42.7 Å². The molecule has 1 amide bonds. The van der Waals surface area contributed by atoms with Crippen LogP contribution in [0.25, 0.3) is 11.0 Å². The standard InChI is InChI=1S/C24H27N3O/c1-3-5-8-18-11-13-20(14-12-18)27-17-19(16-23(27)28)24-25-21-9-6-7-10-22(21)26(24)15-4-2/h4,6-7,9-14,19H,2-3,5,8,15-17H2,1H3/t19-/m1/s1. The molecule has 1 aromatic heterocycles. The van der Waals surface area contributed by atoms with Gasteiger partial charge < -0.3 is 9.47 Å². The number of aryl methyl sites for hydroxylation is 1. The Morgan fingerprint density at radius 3 is 2.71 bits per heavy atom. The highest BCUT2D eigenvalue weighted by Crippen LogP contribution is 2.33. The lowest BCUT2D eigenvalue weighted by Crippen LogP contribution is -2.24. The van der Waals surface area contributed by atoms with Gasteiger partial charge in [0.1, 0.15) is 5.82 Å². The van der Waals surface area contributed by atoms with Crippen LogP contribution in [0.15, 0.2) is 61.2 Å². The monoisotopic (exact) mass is 373 g/mol. The summed E-state index contributed by atoms with van der Waals surface area (Å²) in [5.41, 5.74) is 4.40. The third-order valence-corrected chi connectivity index (χ3v) is 5.55. The highest BCUT2D eigenvalue weighted by atomic mass is 16.2. The zero-order valence-electron chi connectivity index (χ0n) is 16.5. The van der Waals surface area contributed by atoms with Crippen molar-refractivity contribution in [3.05, 3.63) is 72.6 Å². The van der Waals surface area contributed by atoms with Gasteiger partial charge in [-0.1, -0.05) is 43.7 Å². The second-order valence-electron chi connectivity index (χ2n) is 7.53. The topological polar surface area (TPSA) is 38.1 Å². The van der Waals surface area contributed by atoms with Crippen molar-refractivity contribution >= 4 is 22.6 Å². The van der Waals surface area contributed by atoms with Gasteiger partial charge in [0, 0.05) is 31.1 Å². The van der Waals surface area contributed by atoms with E-state index in [0.717, 1.165) is 29.0 Å². The summed E-state index contributed by atoms with van der Waals surface area (Å²) in [6, 6.07) is 16.6. The Morgan fingerprint density at radius 1 is 1.18 bits per heavy atom. The molecule has 0 N–H and O–H groups in total. The Balaban J connectivity index is 1.59. The molecule has 0 aliphatic carbocycles. The average Bonchev–Trinajstić information content (AvgIpc) is 3.28. The molecule has 144 valence electrons. The highest BCUT2D eigenvalue weighted by molar-refractivity contribution is 5.96. The number of hydrogen-bond donors (Lipinski definition) is 0. The lowest BCUT2D eigenvalue weighted by atomic mass is 10.1. The fourth-order valence-electron chi connectivity index (χ4n) is 4.08. The number of hydrogen-bond acceptors (Lipinski definition) is 2. The van der Waals surface area contributed by atoms with Crippen molar-refractivity contribution in [2.75, 3.05) is 11.4 Å². The molecule has 0 bridgehead atoms. The number of allylic oxidation sites excluding steroid dienone is 1. The third kappa shape index (κ3) is 3.47. The van der Waals surface area contributed by atoms with Crippen LogP contribution in [0.3, 0.4) is 0 Å². The van der Waals surface area contributed by atoms with Crippen LogP contribution < -0.4 is 4.90 Å². The smallest absolute Gasteiger partial charge is 0.227 e. The average molecular weight is 374 g/mol. The molecule has 1 aliphatic rings. The Hall–Kier alpha value is -2.88. The van der Waals surface area contributed by atoms with E-state index in [1.807, 2.05) is 29.2 Å². The fraction of sp³-hybridized carbons (Fsp3) is 0.333. The molecule has 1 aliphatic heterocycles. The van der Waals surface area contributed by atoms with Gasteiger partial charge in [0.05, 0.1) is 11.0 Å². The molecule has 4 rings (SSSR count). The van der Waals surface area contributed by atoms with Crippen LogP contribution in [0.2, 0.25) is 0 Å². The van der Waals surface area contributed by atoms with Gasteiger partial charge in [-0.25, -0.2) is 4.98 Å². The minimum absolute atomic E-state index is 0.0969. The molecule has 3 aromatic rings. The van der Waals surface area contributed by atoms with Crippen LogP contribution >= 0.6 is 0 Å². The summed E-state index contributed by atoms with van der Waals surface area (Å²) in [6.45, 7) is 7.47. The number of nitrogens with zero attached hydrogens (tertiary/aromatic N) is 3. The number of amides is 1. The number of aromatic nitrogens is 2. The number of para-hydroxylation sites is 2. The molecule has 0 radical (unpaired) electrons. The third-order valence-electron chi connectivity index (χ3n) is 5.55. The molecular weight excluding hydrogens is 346 g/mol. The molecule has 4 heteroatoms. The summed E-state index contributed by atoms with van der Waals surface area (Å²) in [5.74, 6) is 1.25. The van der Waals surface area contributed by atoms with Gasteiger partial charge in [-0.2, -0.15) is 0 Å². The lowest BCUT2D eigenvalue weighted by molar-refractivity contribution is -0.117. The zero-order chi connectivity index (χ0) is 19.5. The molecule has 28 heavy (non-hydrogen) atoms. The summed E-state index contributed by atoms with van der Waals surface area (Å²) < 4.78 is 2.19. The number of carbonyl (C=O) groups is 1. The van der Waals surface area contributed by atoms with Gasteiger partial charge in [-0.15, -0.1) is 6.58 Å². The van der Waals surface area contributed by atoms with Crippen molar-refractivity contribution in [2.45, 2.75) is 45.1 Å². The summed E-state index contributed by atoms with van der Waals surface area (Å²) in [7, 11) is 0. The summed E-state index contributed by atoms with van der Waals surface area (Å²) in [4.78, 5) is 19.5. The number of anilines is 1. The maximum atomic E-state index is 12.8. The van der Waals surface area contributed by atoms with Gasteiger partial charge in [-0.3, -0.25) is 4.79 Å². The van der Waals surface area contributed by atoms with Crippen LogP contribution in [0.4, 0.5) is 5.69 Å². The van der Waals surface area contributed by atoms with E-state index in [2.05, 4.69) is 48.4 Å². The molecule has 4 nitrogen and oxygen atoms in total. The number of rotatable bonds is 7. The van der Waals surface area contributed by atoms with E-state index in [1.54, 1.807) is 0 Å². The number of unbranched alkanes of at least 4 members (excludes halogenated alkanes) is 1. The molecule has 1 atom stereocenters. The molecule has 0 spiro atoms. The van der Waals surface area contributed by atoms with E-state index >= 15 is 0 Å². The van der Waals surface area contributed by atoms with E-state index in [9.17, 15) is 4.79 Å². The Labute approximate surface area is 166 Å². The second-order valence-corrected chi connectivity index (χ2v) is 7.53. The maximum absolute atomic E-state index is 12.8. The van der Waals surface area contributed by atoms with Crippen LogP contribution in [-0.2, 0) is 17.8 Å². The van der Waals surface area contributed by atoms with E-state index in [4.69, 9.17) is 4.98 Å². The SMILES string of the molecule is C=CCn1c([C@@H]2CC(=O)N(c3ccc(CCCC)cc3)C2)nc2ccccc21. The first kappa shape index (κ1) is 18.5. The van der Waals surface area contributed by atoms with Crippen molar-refractivity contribution in [3.8, 4) is 0 Å². The number of imidazole rings is 1. The predicted molar refractivity (Wildman–Crippen MR) is 115 cm³/mol. The predicted octanol–water partition coefficient (Wildman–Crippen LogP) is 5.09. The minimum Gasteiger partial charge on any atom is -0.324 e. The number of fused-ring (bicyclic) bond motifs is 1. The first-order valence-electron chi connectivity index (χ1n) is 10.2. The summed E-state index contributed by atoms with van der Waals surface area (Å²) in [6.07, 6.45) is 5.88. The highest BCUT2D eigenvalue weighted by Gasteiger charge is 2.34. The molecule has 2 aromatic carbocycles. The largest absolute Gasteiger partial charge is 0.324 e. The van der Waals surface area contributed by atoms with Crippen molar-refractivity contribution in [3.63, 3.8) is 0 Å². The van der Waals surface area contributed by atoms with E-state index in [0.29, 0.717) is 19.5 Å². The molecule has 0 unspecified atom stereocenters. The van der Waals surface area contributed by atoms with Crippen LogP contribution in [0.1, 0.15) is 43.5 Å².